The van der Waals surface area contributed by atoms with Crippen molar-refractivity contribution in [3.8, 4) is 0 Å². The molecule has 1 aliphatic heterocycles. The van der Waals surface area contributed by atoms with Crippen LogP contribution in [-0.4, -0.2) is 39.4 Å². The first kappa shape index (κ1) is 16.6. The number of hydrogen-bond acceptors (Lipinski definition) is 5. The second-order valence-corrected chi connectivity index (χ2v) is 7.45. The number of rotatable bonds is 5. The van der Waals surface area contributed by atoms with Crippen molar-refractivity contribution >= 4 is 46.1 Å². The molecule has 3 atom stereocenters. The van der Waals surface area contributed by atoms with Gasteiger partial charge in [0.2, 0.25) is 5.91 Å². The van der Waals surface area contributed by atoms with Crippen LogP contribution in [0.3, 0.4) is 0 Å². The largest absolute Gasteiger partial charge is 0.342 e. The van der Waals surface area contributed by atoms with Crippen molar-refractivity contribution in [2.45, 2.75) is 25.3 Å². The standard InChI is InChI=1S/C14H18ClN3OS2/c1-8(7-20-3)12(19)18-13-9(2)17-14(21-13)10-4-11(15)6-16-5-10/h4-6,8-9,13H,7H2,1-3H3,(H,18,19). The zero-order valence-corrected chi connectivity index (χ0v) is 14.6. The van der Waals surface area contributed by atoms with Crippen LogP contribution >= 0.6 is 35.1 Å². The maximum Gasteiger partial charge on any atom is 0.224 e. The Balaban J connectivity index is 2.00. The molecule has 4 nitrogen and oxygen atoms in total. The van der Waals surface area contributed by atoms with Gasteiger partial charge in [-0.1, -0.05) is 30.3 Å². The minimum Gasteiger partial charge on any atom is -0.342 e. The molecule has 0 saturated heterocycles. The van der Waals surface area contributed by atoms with E-state index < -0.39 is 0 Å². The highest BCUT2D eigenvalue weighted by Crippen LogP contribution is 2.29. The van der Waals surface area contributed by atoms with Gasteiger partial charge in [0.15, 0.2) is 0 Å². The van der Waals surface area contributed by atoms with Gasteiger partial charge in [0.25, 0.3) is 0 Å². The number of halogens is 1. The van der Waals surface area contributed by atoms with Crippen LogP contribution < -0.4 is 5.32 Å². The summed E-state index contributed by atoms with van der Waals surface area (Å²) in [5.41, 5.74) is 0.897. The number of hydrogen-bond donors (Lipinski definition) is 1. The van der Waals surface area contributed by atoms with Gasteiger partial charge in [-0.15, -0.1) is 0 Å². The van der Waals surface area contributed by atoms with E-state index in [2.05, 4.69) is 15.3 Å². The maximum absolute atomic E-state index is 12.1. The van der Waals surface area contributed by atoms with Crippen LogP contribution in [0.1, 0.15) is 19.4 Å². The van der Waals surface area contributed by atoms with Gasteiger partial charge in [0.1, 0.15) is 10.4 Å². The van der Waals surface area contributed by atoms with E-state index in [1.165, 1.54) is 0 Å². The summed E-state index contributed by atoms with van der Waals surface area (Å²) < 4.78 is 0. The third-order valence-corrected chi connectivity index (χ3v) is 5.47. The Morgan fingerprint density at radius 1 is 1.57 bits per heavy atom. The van der Waals surface area contributed by atoms with E-state index in [4.69, 9.17) is 11.6 Å². The number of aromatic nitrogens is 1. The van der Waals surface area contributed by atoms with E-state index >= 15 is 0 Å². The van der Waals surface area contributed by atoms with E-state index in [1.54, 1.807) is 35.9 Å². The monoisotopic (exact) mass is 343 g/mol. The van der Waals surface area contributed by atoms with Crippen molar-refractivity contribution in [1.29, 1.82) is 0 Å². The van der Waals surface area contributed by atoms with Crippen molar-refractivity contribution in [1.82, 2.24) is 10.3 Å². The summed E-state index contributed by atoms with van der Waals surface area (Å²) in [5.74, 6) is 0.905. The highest BCUT2D eigenvalue weighted by Gasteiger charge is 2.30. The lowest BCUT2D eigenvalue weighted by Gasteiger charge is -2.18. The van der Waals surface area contributed by atoms with Gasteiger partial charge >= 0.3 is 0 Å². The van der Waals surface area contributed by atoms with Crippen LogP contribution in [0.2, 0.25) is 5.02 Å². The summed E-state index contributed by atoms with van der Waals surface area (Å²) in [5, 5.41) is 4.50. The number of nitrogens with one attached hydrogen (secondary N) is 1. The number of pyridine rings is 1. The topological polar surface area (TPSA) is 54.4 Å². The molecule has 7 heteroatoms. The summed E-state index contributed by atoms with van der Waals surface area (Å²) in [6.07, 6.45) is 5.34. The molecule has 1 aliphatic rings. The Hall–Kier alpha value is -0.720. The van der Waals surface area contributed by atoms with Crippen LogP contribution in [-0.2, 0) is 4.79 Å². The fourth-order valence-corrected chi connectivity index (χ4v) is 3.90. The first-order chi connectivity index (χ1) is 10.0. The summed E-state index contributed by atoms with van der Waals surface area (Å²) >= 11 is 9.19. The van der Waals surface area contributed by atoms with Gasteiger partial charge in [-0.3, -0.25) is 14.8 Å². The Morgan fingerprint density at radius 3 is 3.00 bits per heavy atom. The van der Waals surface area contributed by atoms with E-state index in [0.29, 0.717) is 5.02 Å². The fourth-order valence-electron chi connectivity index (χ4n) is 1.93. The van der Waals surface area contributed by atoms with Crippen LogP contribution in [0.15, 0.2) is 23.5 Å². The lowest BCUT2D eigenvalue weighted by atomic mass is 10.2. The number of thioether (sulfide) groups is 2. The van der Waals surface area contributed by atoms with Gasteiger partial charge in [-0.25, -0.2) is 0 Å². The smallest absolute Gasteiger partial charge is 0.224 e. The minimum absolute atomic E-state index is 0.00434. The highest BCUT2D eigenvalue weighted by atomic mass is 35.5. The fraction of sp³-hybridized carbons (Fsp3) is 0.500. The average Bonchev–Trinajstić information content (AvgIpc) is 2.80. The lowest BCUT2D eigenvalue weighted by molar-refractivity contribution is -0.124. The minimum atomic E-state index is -0.0317. The van der Waals surface area contributed by atoms with Gasteiger partial charge in [0.05, 0.1) is 11.1 Å². The molecule has 2 rings (SSSR count). The molecule has 1 aromatic rings. The van der Waals surface area contributed by atoms with Gasteiger partial charge in [-0.05, 0) is 19.2 Å². The molecule has 0 aliphatic carbocycles. The Labute approximate surface area is 138 Å². The normalized spacial score (nSPS) is 22.8. The summed E-state index contributed by atoms with van der Waals surface area (Å²) in [7, 11) is 0. The number of carbonyl (C=O) groups excluding carboxylic acids is 1. The van der Waals surface area contributed by atoms with Gasteiger partial charge in [-0.2, -0.15) is 11.8 Å². The maximum atomic E-state index is 12.1. The molecule has 1 aromatic heterocycles. The third kappa shape index (κ3) is 4.37. The molecule has 2 heterocycles. The molecule has 0 saturated carbocycles. The molecular formula is C14H18ClN3OS2. The number of nitrogens with zero attached hydrogens (tertiary/aromatic N) is 2. The Bertz CT molecular complexity index is 553. The molecule has 0 spiro atoms. The molecule has 21 heavy (non-hydrogen) atoms. The van der Waals surface area contributed by atoms with E-state index in [0.717, 1.165) is 16.4 Å². The third-order valence-electron chi connectivity index (χ3n) is 3.10. The predicted octanol–water partition coefficient (Wildman–Crippen LogP) is 3.06. The molecule has 114 valence electrons. The second kappa shape index (κ2) is 7.51. The molecule has 1 amide bonds. The van der Waals surface area contributed by atoms with Crippen LogP contribution in [0, 0.1) is 5.92 Å². The van der Waals surface area contributed by atoms with Crippen LogP contribution in [0.25, 0.3) is 0 Å². The quantitative estimate of drug-likeness (QED) is 0.892. The highest BCUT2D eigenvalue weighted by molar-refractivity contribution is 8.15. The summed E-state index contributed by atoms with van der Waals surface area (Å²) in [6.45, 7) is 3.95. The number of aliphatic imine (C=N–C) groups is 1. The molecule has 0 radical (unpaired) electrons. The molecule has 0 fully saturated rings. The first-order valence-corrected chi connectivity index (χ1v) is 9.31. The average molecular weight is 344 g/mol. The van der Waals surface area contributed by atoms with Crippen molar-refractivity contribution < 1.29 is 4.79 Å². The van der Waals surface area contributed by atoms with Crippen LogP contribution in [0.4, 0.5) is 0 Å². The second-order valence-electron chi connectivity index (χ2n) is 4.97. The Morgan fingerprint density at radius 2 is 2.33 bits per heavy atom. The SMILES string of the molecule is CSCC(C)C(=O)NC1SC(c2cncc(Cl)c2)=NC1C. The Kier molecular flexibility index (Phi) is 5.96. The van der Waals surface area contributed by atoms with Crippen molar-refractivity contribution in [3.63, 3.8) is 0 Å². The molecule has 3 unspecified atom stereocenters. The number of carbonyl (C=O) groups is 1. The van der Waals surface area contributed by atoms with Crippen molar-refractivity contribution in [2.75, 3.05) is 12.0 Å². The summed E-state index contributed by atoms with van der Waals surface area (Å²) in [4.78, 5) is 20.8. The van der Waals surface area contributed by atoms with Crippen LogP contribution in [0.5, 0.6) is 0 Å². The van der Waals surface area contributed by atoms with Crippen molar-refractivity contribution in [3.05, 3.63) is 29.0 Å². The predicted molar refractivity (Wildman–Crippen MR) is 92.3 cm³/mol. The van der Waals surface area contributed by atoms with E-state index in [9.17, 15) is 4.79 Å². The van der Waals surface area contributed by atoms with Gasteiger partial charge < -0.3 is 5.32 Å². The molecular weight excluding hydrogens is 326 g/mol. The van der Waals surface area contributed by atoms with Gasteiger partial charge in [0, 0.05) is 29.6 Å². The first-order valence-electron chi connectivity index (χ1n) is 6.66. The zero-order chi connectivity index (χ0) is 15.4. The molecule has 0 aromatic carbocycles. The van der Waals surface area contributed by atoms with E-state index in [-0.39, 0.29) is 23.2 Å². The van der Waals surface area contributed by atoms with Crippen molar-refractivity contribution in [2.24, 2.45) is 10.9 Å². The summed E-state index contributed by atoms with van der Waals surface area (Å²) in [6, 6.07) is 1.88. The number of amides is 1. The van der Waals surface area contributed by atoms with E-state index in [1.807, 2.05) is 26.2 Å². The molecule has 0 bridgehead atoms. The lowest BCUT2D eigenvalue weighted by Crippen LogP contribution is -2.40. The molecule has 1 N–H and O–H groups in total. The zero-order valence-electron chi connectivity index (χ0n) is 12.2.